The number of hydrazine groups is 1. The van der Waals surface area contributed by atoms with Gasteiger partial charge in [-0.2, -0.15) is 13.2 Å². The van der Waals surface area contributed by atoms with Gasteiger partial charge in [-0.25, -0.2) is 24.2 Å². The fourth-order valence-electron chi connectivity index (χ4n) is 4.59. The van der Waals surface area contributed by atoms with Crippen LogP contribution in [0.15, 0.2) is 24.4 Å². The molecule has 176 valence electrons. The first-order chi connectivity index (χ1) is 15.7. The van der Waals surface area contributed by atoms with E-state index in [-0.39, 0.29) is 17.6 Å². The zero-order chi connectivity index (χ0) is 23.3. The maximum atomic E-state index is 13.1. The van der Waals surface area contributed by atoms with Crippen molar-refractivity contribution in [2.45, 2.75) is 25.6 Å². The predicted molar refractivity (Wildman–Crippen MR) is 108 cm³/mol. The van der Waals surface area contributed by atoms with Gasteiger partial charge in [0.25, 0.3) is 6.43 Å². The molecule has 1 amide bonds. The third-order valence-corrected chi connectivity index (χ3v) is 6.21. The largest absolute Gasteiger partial charge is 0.433 e. The van der Waals surface area contributed by atoms with Crippen molar-refractivity contribution >= 4 is 23.4 Å². The molecule has 8 nitrogen and oxygen atoms in total. The molecule has 0 radical (unpaired) electrons. The lowest BCUT2D eigenvalue weighted by molar-refractivity contribution is -0.141. The number of carbonyl (C=O) groups excluding carboxylic acids is 1. The molecule has 0 aromatic carbocycles. The monoisotopic (exact) mass is 469 g/mol. The van der Waals surface area contributed by atoms with Crippen LogP contribution in [0.25, 0.3) is 0 Å². The van der Waals surface area contributed by atoms with Gasteiger partial charge in [0, 0.05) is 19.6 Å². The van der Waals surface area contributed by atoms with Crippen molar-refractivity contribution in [3.8, 4) is 0 Å². The number of carbonyl (C=O) groups is 1. The minimum atomic E-state index is -4.60. The molecule has 0 saturated carbocycles. The van der Waals surface area contributed by atoms with Crippen LogP contribution in [-0.4, -0.2) is 53.5 Å². The van der Waals surface area contributed by atoms with Crippen LogP contribution >= 0.6 is 0 Å². The van der Waals surface area contributed by atoms with E-state index in [1.165, 1.54) is 22.0 Å². The molecule has 5 rings (SSSR count). The van der Waals surface area contributed by atoms with E-state index in [0.29, 0.717) is 49.9 Å². The number of amides is 1. The molecule has 33 heavy (non-hydrogen) atoms. The number of nitrogens with zero attached hydrogens (tertiary/aromatic N) is 6. The Morgan fingerprint density at radius 2 is 1.97 bits per heavy atom. The molecule has 1 N–H and O–H groups in total. The van der Waals surface area contributed by atoms with Crippen LogP contribution in [0.1, 0.15) is 17.8 Å². The normalized spacial score (nSPS) is 22.8. The lowest BCUT2D eigenvalue weighted by Gasteiger charge is -2.34. The van der Waals surface area contributed by atoms with Crippen LogP contribution in [0, 0.1) is 11.8 Å². The van der Waals surface area contributed by atoms with Crippen molar-refractivity contribution in [3.05, 3.63) is 35.8 Å². The molecule has 2 aromatic heterocycles. The van der Waals surface area contributed by atoms with E-state index in [1.54, 1.807) is 6.20 Å². The minimum absolute atomic E-state index is 0.0122. The van der Waals surface area contributed by atoms with E-state index in [4.69, 9.17) is 0 Å². The van der Waals surface area contributed by atoms with E-state index >= 15 is 0 Å². The molecule has 0 spiro atoms. The van der Waals surface area contributed by atoms with E-state index in [0.717, 1.165) is 6.07 Å². The van der Waals surface area contributed by atoms with Crippen LogP contribution in [0.4, 0.5) is 39.4 Å². The highest BCUT2D eigenvalue weighted by Crippen LogP contribution is 2.37. The maximum Gasteiger partial charge on any atom is 0.433 e. The highest BCUT2D eigenvalue weighted by atomic mass is 19.4. The number of anilines is 3. The fraction of sp³-hybridized carbons (Fsp3) is 0.500. The molecule has 2 saturated heterocycles. The Balaban J connectivity index is 1.34. The van der Waals surface area contributed by atoms with Crippen molar-refractivity contribution < 1.29 is 26.7 Å². The molecule has 5 heterocycles. The van der Waals surface area contributed by atoms with Gasteiger partial charge in [0.1, 0.15) is 17.3 Å². The number of fused-ring (bicyclic) bond motifs is 2. The highest BCUT2D eigenvalue weighted by Gasteiger charge is 2.45. The second kappa shape index (κ2) is 8.04. The van der Waals surface area contributed by atoms with Crippen LogP contribution in [0.2, 0.25) is 0 Å². The molecule has 2 unspecified atom stereocenters. The van der Waals surface area contributed by atoms with Gasteiger partial charge in [-0.3, -0.25) is 19.7 Å². The summed E-state index contributed by atoms with van der Waals surface area (Å²) < 4.78 is 64.8. The van der Waals surface area contributed by atoms with Crippen molar-refractivity contribution in [1.82, 2.24) is 20.4 Å². The van der Waals surface area contributed by atoms with Crippen molar-refractivity contribution in [3.63, 3.8) is 0 Å². The van der Waals surface area contributed by atoms with E-state index in [2.05, 4.69) is 20.4 Å². The summed E-state index contributed by atoms with van der Waals surface area (Å²) in [6, 6.07) is 3.52. The summed E-state index contributed by atoms with van der Waals surface area (Å²) in [6.45, 7) is 0.959. The number of halogens is 5. The highest BCUT2D eigenvalue weighted by molar-refractivity contribution is 5.97. The number of piperidine rings is 1. The molecule has 0 bridgehead atoms. The zero-order valence-electron chi connectivity index (χ0n) is 17.3. The van der Waals surface area contributed by atoms with E-state index in [9.17, 15) is 26.7 Å². The number of hydrogen-bond donors (Lipinski definition) is 1. The van der Waals surface area contributed by atoms with Crippen LogP contribution in [0.3, 0.4) is 0 Å². The summed E-state index contributed by atoms with van der Waals surface area (Å²) in [5, 5.41) is 1.27. The third kappa shape index (κ3) is 4.05. The molecule has 13 heteroatoms. The standard InChI is InChI=1S/C20H20F5N7O/c21-15(22)10-32-18-13(6-27-32)26-7-17(29-18)30-5-4-11-8-31(19(33)12(11)9-30)16-3-1-2-14(28-16)20(23,24)25/h1-3,7,11-12,15,27H,4-6,8-10H2. The number of nitrogens with one attached hydrogen (secondary N) is 1. The van der Waals surface area contributed by atoms with Gasteiger partial charge < -0.3 is 4.90 Å². The summed E-state index contributed by atoms with van der Waals surface area (Å²) >= 11 is 0. The molecular weight excluding hydrogens is 449 g/mol. The Morgan fingerprint density at radius 1 is 1.15 bits per heavy atom. The Bertz CT molecular complexity index is 1070. The summed E-state index contributed by atoms with van der Waals surface area (Å²) in [4.78, 5) is 28.7. The quantitative estimate of drug-likeness (QED) is 0.690. The average Bonchev–Trinajstić information content (AvgIpc) is 3.33. The maximum absolute atomic E-state index is 13.1. The van der Waals surface area contributed by atoms with Crippen LogP contribution in [0.5, 0.6) is 0 Å². The van der Waals surface area contributed by atoms with E-state index in [1.807, 2.05) is 4.90 Å². The summed E-state index contributed by atoms with van der Waals surface area (Å²) in [6.07, 6.45) is -4.96. The van der Waals surface area contributed by atoms with Crippen molar-refractivity contribution in [2.24, 2.45) is 11.8 Å². The molecule has 2 atom stereocenters. The first-order valence-corrected chi connectivity index (χ1v) is 10.5. The summed E-state index contributed by atoms with van der Waals surface area (Å²) in [5.41, 5.74) is 2.35. The Kier molecular flexibility index (Phi) is 5.30. The predicted octanol–water partition coefficient (Wildman–Crippen LogP) is 2.47. The van der Waals surface area contributed by atoms with E-state index < -0.39 is 30.8 Å². The van der Waals surface area contributed by atoms with Gasteiger partial charge in [-0.05, 0) is 24.5 Å². The first-order valence-electron chi connectivity index (χ1n) is 10.5. The van der Waals surface area contributed by atoms with Gasteiger partial charge in [0.05, 0.1) is 30.9 Å². The number of pyridine rings is 1. The van der Waals surface area contributed by atoms with Crippen molar-refractivity contribution in [2.75, 3.05) is 41.0 Å². The number of hydrogen-bond acceptors (Lipinski definition) is 7. The van der Waals surface area contributed by atoms with Crippen LogP contribution < -0.4 is 20.2 Å². The van der Waals surface area contributed by atoms with Gasteiger partial charge >= 0.3 is 6.18 Å². The second-order valence-electron chi connectivity index (χ2n) is 8.26. The van der Waals surface area contributed by atoms with Gasteiger partial charge in [0.15, 0.2) is 5.82 Å². The average molecular weight is 469 g/mol. The SMILES string of the molecule is O=C1C2CN(c3cnc4c(n3)N(CC(F)F)NC4)CCC2CN1c1cccc(C(F)(F)F)n1. The second-order valence-corrected chi connectivity index (χ2v) is 8.26. The molecule has 3 aliphatic rings. The Hall–Kier alpha value is -3.09. The molecule has 2 aromatic rings. The van der Waals surface area contributed by atoms with Crippen molar-refractivity contribution in [1.29, 1.82) is 0 Å². The molecular formula is C20H20F5N7O. The number of alkyl halides is 5. The fourth-order valence-corrected chi connectivity index (χ4v) is 4.59. The Labute approximate surface area is 185 Å². The van der Waals surface area contributed by atoms with Crippen LogP contribution in [-0.2, 0) is 17.5 Å². The minimum Gasteiger partial charge on any atom is -0.354 e. The summed E-state index contributed by atoms with van der Waals surface area (Å²) in [7, 11) is 0. The Morgan fingerprint density at radius 3 is 2.73 bits per heavy atom. The smallest absolute Gasteiger partial charge is 0.354 e. The van der Waals surface area contributed by atoms with Gasteiger partial charge in [-0.15, -0.1) is 0 Å². The molecule has 0 aliphatic carbocycles. The lowest BCUT2D eigenvalue weighted by atomic mass is 9.88. The molecule has 2 fully saturated rings. The number of aromatic nitrogens is 3. The number of rotatable bonds is 4. The molecule has 3 aliphatic heterocycles. The zero-order valence-corrected chi connectivity index (χ0v) is 17.3. The summed E-state index contributed by atoms with van der Waals surface area (Å²) in [5.74, 6) is 0.0550. The third-order valence-electron chi connectivity index (χ3n) is 6.21. The topological polar surface area (TPSA) is 77.5 Å². The lowest BCUT2D eigenvalue weighted by Crippen LogP contribution is -2.42. The van der Waals surface area contributed by atoms with Gasteiger partial charge in [-0.1, -0.05) is 6.07 Å². The first kappa shape index (κ1) is 21.7. The van der Waals surface area contributed by atoms with Gasteiger partial charge in [0.2, 0.25) is 5.91 Å².